The SMILES string of the molecule is COc1cccc(C(=O)Nc2ccc(S(=O)(=O)Nc3ccccc3Cl)cc2)c1. The number of hydrogen-bond acceptors (Lipinski definition) is 4. The minimum Gasteiger partial charge on any atom is -0.497 e. The van der Waals surface area contributed by atoms with E-state index in [1.54, 1.807) is 48.5 Å². The average Bonchev–Trinajstić information content (AvgIpc) is 2.70. The van der Waals surface area contributed by atoms with Crippen LogP contribution in [0.3, 0.4) is 0 Å². The van der Waals surface area contributed by atoms with Gasteiger partial charge in [-0.3, -0.25) is 9.52 Å². The van der Waals surface area contributed by atoms with E-state index in [-0.39, 0.29) is 10.8 Å². The summed E-state index contributed by atoms with van der Waals surface area (Å²) in [6, 6.07) is 19.1. The van der Waals surface area contributed by atoms with Gasteiger partial charge in [-0.15, -0.1) is 0 Å². The summed E-state index contributed by atoms with van der Waals surface area (Å²) in [6.45, 7) is 0. The summed E-state index contributed by atoms with van der Waals surface area (Å²) >= 11 is 6.00. The zero-order chi connectivity index (χ0) is 20.1. The number of amides is 1. The van der Waals surface area contributed by atoms with Crippen LogP contribution in [0.5, 0.6) is 5.75 Å². The molecule has 144 valence electrons. The first-order valence-electron chi connectivity index (χ1n) is 8.22. The molecule has 0 aromatic heterocycles. The van der Waals surface area contributed by atoms with E-state index in [9.17, 15) is 13.2 Å². The molecule has 0 radical (unpaired) electrons. The largest absolute Gasteiger partial charge is 0.497 e. The fraction of sp³-hybridized carbons (Fsp3) is 0.0500. The average molecular weight is 417 g/mol. The van der Waals surface area contributed by atoms with Gasteiger partial charge in [-0.25, -0.2) is 8.42 Å². The Kier molecular flexibility index (Phi) is 5.87. The van der Waals surface area contributed by atoms with Crippen LogP contribution in [0.15, 0.2) is 77.7 Å². The van der Waals surface area contributed by atoms with Gasteiger partial charge in [0.2, 0.25) is 0 Å². The van der Waals surface area contributed by atoms with Gasteiger partial charge in [-0.05, 0) is 54.6 Å². The third-order valence-corrected chi connectivity index (χ3v) is 5.58. The van der Waals surface area contributed by atoms with Gasteiger partial charge in [-0.1, -0.05) is 29.8 Å². The van der Waals surface area contributed by atoms with Crippen LogP contribution in [0.1, 0.15) is 10.4 Å². The van der Waals surface area contributed by atoms with E-state index in [1.807, 2.05) is 0 Å². The highest BCUT2D eigenvalue weighted by atomic mass is 35.5. The molecule has 0 saturated carbocycles. The topological polar surface area (TPSA) is 84.5 Å². The Morgan fingerprint density at radius 3 is 2.36 bits per heavy atom. The molecule has 0 bridgehead atoms. The van der Waals surface area contributed by atoms with Crippen LogP contribution in [0.25, 0.3) is 0 Å². The summed E-state index contributed by atoms with van der Waals surface area (Å²) in [4.78, 5) is 12.4. The highest BCUT2D eigenvalue weighted by Gasteiger charge is 2.16. The quantitative estimate of drug-likeness (QED) is 0.623. The van der Waals surface area contributed by atoms with Crippen molar-refractivity contribution >= 4 is 38.9 Å². The molecule has 0 spiro atoms. The molecule has 3 aromatic carbocycles. The molecule has 3 rings (SSSR count). The molecule has 0 saturated heterocycles. The van der Waals surface area contributed by atoms with Crippen LogP contribution >= 0.6 is 11.6 Å². The van der Waals surface area contributed by atoms with Gasteiger partial charge in [0.15, 0.2) is 0 Å². The Labute approximate surface area is 168 Å². The van der Waals surface area contributed by atoms with E-state index in [2.05, 4.69) is 10.0 Å². The minimum absolute atomic E-state index is 0.0480. The summed E-state index contributed by atoms with van der Waals surface area (Å²) in [6.07, 6.45) is 0. The van der Waals surface area contributed by atoms with E-state index < -0.39 is 10.0 Å². The molecular weight excluding hydrogens is 400 g/mol. The van der Waals surface area contributed by atoms with Crippen LogP contribution in [0.2, 0.25) is 5.02 Å². The Hall–Kier alpha value is -3.03. The van der Waals surface area contributed by atoms with Crippen molar-refractivity contribution in [2.45, 2.75) is 4.90 Å². The van der Waals surface area contributed by atoms with E-state index in [1.165, 1.54) is 31.4 Å². The molecule has 8 heteroatoms. The third-order valence-electron chi connectivity index (χ3n) is 3.87. The van der Waals surface area contributed by atoms with Crippen molar-refractivity contribution in [1.29, 1.82) is 0 Å². The number of rotatable bonds is 6. The number of halogens is 1. The maximum Gasteiger partial charge on any atom is 0.261 e. The molecular formula is C20H17ClN2O4S. The van der Waals surface area contributed by atoms with Crippen molar-refractivity contribution < 1.29 is 17.9 Å². The highest BCUT2D eigenvalue weighted by molar-refractivity contribution is 7.92. The Morgan fingerprint density at radius 2 is 1.68 bits per heavy atom. The fourth-order valence-corrected chi connectivity index (χ4v) is 3.75. The zero-order valence-electron chi connectivity index (χ0n) is 14.8. The third kappa shape index (κ3) is 4.62. The minimum atomic E-state index is -3.81. The van der Waals surface area contributed by atoms with Gasteiger partial charge in [0, 0.05) is 11.3 Å². The number of ether oxygens (including phenoxy) is 1. The lowest BCUT2D eigenvalue weighted by molar-refractivity contribution is 0.102. The summed E-state index contributed by atoms with van der Waals surface area (Å²) in [7, 11) is -2.29. The van der Waals surface area contributed by atoms with Crippen molar-refractivity contribution in [2.24, 2.45) is 0 Å². The summed E-state index contributed by atoms with van der Waals surface area (Å²) in [5.41, 5.74) is 1.18. The molecule has 0 fully saturated rings. The number of benzene rings is 3. The van der Waals surface area contributed by atoms with Gasteiger partial charge in [0.25, 0.3) is 15.9 Å². The van der Waals surface area contributed by atoms with Crippen molar-refractivity contribution in [2.75, 3.05) is 17.1 Å². The fourth-order valence-electron chi connectivity index (χ4n) is 2.43. The molecule has 0 aliphatic carbocycles. The van der Waals surface area contributed by atoms with Crippen molar-refractivity contribution in [3.05, 3.63) is 83.4 Å². The maximum atomic E-state index is 12.5. The van der Waals surface area contributed by atoms with Crippen LogP contribution in [0, 0.1) is 0 Å². The first-order valence-corrected chi connectivity index (χ1v) is 10.1. The van der Waals surface area contributed by atoms with Gasteiger partial charge in [0.1, 0.15) is 5.75 Å². The van der Waals surface area contributed by atoms with Crippen molar-refractivity contribution in [1.82, 2.24) is 0 Å². The highest BCUT2D eigenvalue weighted by Crippen LogP contribution is 2.24. The van der Waals surface area contributed by atoms with Crippen LogP contribution in [-0.4, -0.2) is 21.4 Å². The molecule has 0 heterocycles. The first kappa shape index (κ1) is 19.7. The standard InChI is InChI=1S/C20H17ClN2O4S/c1-27-16-6-4-5-14(13-16)20(24)22-15-9-11-17(12-10-15)28(25,26)23-19-8-3-2-7-18(19)21/h2-13,23H,1H3,(H,22,24). The smallest absolute Gasteiger partial charge is 0.261 e. The molecule has 1 amide bonds. The second-order valence-electron chi connectivity index (χ2n) is 5.80. The molecule has 28 heavy (non-hydrogen) atoms. The Bertz CT molecular complexity index is 1100. The summed E-state index contributed by atoms with van der Waals surface area (Å²) in [5.74, 6) is 0.239. The predicted molar refractivity (Wildman–Crippen MR) is 110 cm³/mol. The molecule has 3 aromatic rings. The van der Waals surface area contributed by atoms with Crippen LogP contribution < -0.4 is 14.8 Å². The number of anilines is 2. The lowest BCUT2D eigenvalue weighted by atomic mass is 10.2. The van der Waals surface area contributed by atoms with Gasteiger partial charge in [0.05, 0.1) is 22.7 Å². The monoisotopic (exact) mass is 416 g/mol. The Balaban J connectivity index is 1.74. The molecule has 6 nitrogen and oxygen atoms in total. The second-order valence-corrected chi connectivity index (χ2v) is 7.89. The Morgan fingerprint density at radius 1 is 0.964 bits per heavy atom. The first-order chi connectivity index (χ1) is 13.4. The number of hydrogen-bond donors (Lipinski definition) is 2. The molecule has 2 N–H and O–H groups in total. The van der Waals surface area contributed by atoms with E-state index in [4.69, 9.17) is 16.3 Å². The zero-order valence-corrected chi connectivity index (χ0v) is 16.4. The normalized spacial score (nSPS) is 10.9. The van der Waals surface area contributed by atoms with Gasteiger partial charge >= 0.3 is 0 Å². The number of carbonyl (C=O) groups excluding carboxylic acids is 1. The number of para-hydroxylation sites is 1. The molecule has 0 aliphatic rings. The lowest BCUT2D eigenvalue weighted by Gasteiger charge is -2.11. The molecule has 0 aliphatic heterocycles. The second kappa shape index (κ2) is 8.33. The number of methoxy groups -OCH3 is 1. The van der Waals surface area contributed by atoms with Crippen LogP contribution in [-0.2, 0) is 10.0 Å². The van der Waals surface area contributed by atoms with E-state index in [0.717, 1.165) is 0 Å². The number of sulfonamides is 1. The van der Waals surface area contributed by atoms with Crippen molar-refractivity contribution in [3.8, 4) is 5.75 Å². The van der Waals surface area contributed by atoms with Crippen molar-refractivity contribution in [3.63, 3.8) is 0 Å². The van der Waals surface area contributed by atoms with E-state index >= 15 is 0 Å². The van der Waals surface area contributed by atoms with Gasteiger partial charge < -0.3 is 10.1 Å². The number of nitrogens with one attached hydrogen (secondary N) is 2. The van der Waals surface area contributed by atoms with Gasteiger partial charge in [-0.2, -0.15) is 0 Å². The predicted octanol–water partition coefficient (Wildman–Crippen LogP) is 4.40. The lowest BCUT2D eigenvalue weighted by Crippen LogP contribution is -2.14. The van der Waals surface area contributed by atoms with Crippen LogP contribution in [0.4, 0.5) is 11.4 Å². The summed E-state index contributed by atoms with van der Waals surface area (Å²) in [5, 5.41) is 3.02. The number of carbonyl (C=O) groups is 1. The summed E-state index contributed by atoms with van der Waals surface area (Å²) < 4.78 is 32.6. The molecule has 0 atom stereocenters. The maximum absolute atomic E-state index is 12.5. The van der Waals surface area contributed by atoms with E-state index in [0.29, 0.717) is 27.7 Å². The molecule has 0 unspecified atom stereocenters.